The molecule has 0 bridgehead atoms. The van der Waals surface area contributed by atoms with Gasteiger partial charge in [0.1, 0.15) is 0 Å². The van der Waals surface area contributed by atoms with Crippen LogP contribution in [0.4, 0.5) is 4.79 Å². The highest BCUT2D eigenvalue weighted by Crippen LogP contribution is 2.10. The van der Waals surface area contributed by atoms with E-state index in [-0.39, 0.29) is 12.1 Å². The Bertz CT molecular complexity index is 436. The van der Waals surface area contributed by atoms with Crippen LogP contribution >= 0.6 is 0 Å². The van der Waals surface area contributed by atoms with Gasteiger partial charge in [0.05, 0.1) is 12.0 Å². The minimum absolute atomic E-state index is 0.171. The van der Waals surface area contributed by atoms with Gasteiger partial charge in [-0.15, -0.1) is 0 Å². The molecule has 0 aromatic carbocycles. The predicted molar refractivity (Wildman–Crippen MR) is 70.6 cm³/mol. The van der Waals surface area contributed by atoms with Gasteiger partial charge in [0, 0.05) is 18.4 Å². The first-order chi connectivity index (χ1) is 8.91. The molecule has 2 amide bonds. The topological polar surface area (TPSA) is 91.3 Å². The molecule has 0 saturated heterocycles. The zero-order valence-corrected chi connectivity index (χ0v) is 11.3. The summed E-state index contributed by atoms with van der Waals surface area (Å²) in [5.74, 6) is -1.57. The van der Waals surface area contributed by atoms with Crippen molar-refractivity contribution in [1.29, 1.82) is 0 Å². The summed E-state index contributed by atoms with van der Waals surface area (Å²) in [6, 6.07) is 2.63. The minimum Gasteiger partial charge on any atom is -0.481 e. The Hall–Kier alpha value is -2.11. The van der Waals surface area contributed by atoms with Crippen molar-refractivity contribution >= 4 is 12.0 Å². The summed E-state index contributed by atoms with van der Waals surface area (Å²) in [6.07, 6.45) is 3.31. The Morgan fingerprint density at radius 3 is 2.26 bits per heavy atom. The first-order valence-electron chi connectivity index (χ1n) is 6.11. The SMILES string of the molecule is CC(NC(=O)NC(C)C(C)C(=O)O)c1ccncc1. The third kappa shape index (κ3) is 4.57. The number of pyridine rings is 1. The van der Waals surface area contributed by atoms with Crippen molar-refractivity contribution in [1.82, 2.24) is 15.6 Å². The van der Waals surface area contributed by atoms with E-state index in [1.807, 2.05) is 19.1 Å². The molecule has 3 atom stereocenters. The number of nitrogens with one attached hydrogen (secondary N) is 2. The second kappa shape index (κ2) is 6.72. The number of hydrogen-bond acceptors (Lipinski definition) is 3. The van der Waals surface area contributed by atoms with Crippen molar-refractivity contribution in [3.63, 3.8) is 0 Å². The third-order valence-electron chi connectivity index (χ3n) is 3.05. The first-order valence-corrected chi connectivity index (χ1v) is 6.11. The highest BCUT2D eigenvalue weighted by Gasteiger charge is 2.21. The normalized spacial score (nSPS) is 15.1. The number of carboxylic acid groups (broad SMARTS) is 1. The van der Waals surface area contributed by atoms with Crippen molar-refractivity contribution < 1.29 is 14.7 Å². The average Bonchev–Trinajstić information content (AvgIpc) is 2.38. The molecular weight excluding hydrogens is 246 g/mol. The molecule has 3 unspecified atom stereocenters. The van der Waals surface area contributed by atoms with Crippen molar-refractivity contribution in [2.45, 2.75) is 32.9 Å². The van der Waals surface area contributed by atoms with Crippen molar-refractivity contribution in [3.05, 3.63) is 30.1 Å². The van der Waals surface area contributed by atoms with Gasteiger partial charge in [-0.05, 0) is 38.5 Å². The van der Waals surface area contributed by atoms with Crippen LogP contribution < -0.4 is 10.6 Å². The van der Waals surface area contributed by atoms with E-state index >= 15 is 0 Å². The molecule has 1 aromatic heterocycles. The van der Waals surface area contributed by atoms with Crippen molar-refractivity contribution in [2.24, 2.45) is 5.92 Å². The summed E-state index contributed by atoms with van der Waals surface area (Å²) in [6.45, 7) is 5.06. The standard InChI is InChI=1S/C13H19N3O3/c1-8(12(17)18)9(2)15-13(19)16-10(3)11-4-6-14-7-5-11/h4-10H,1-3H3,(H,17,18)(H2,15,16,19). The highest BCUT2D eigenvalue weighted by atomic mass is 16.4. The fraction of sp³-hybridized carbons (Fsp3) is 0.462. The lowest BCUT2D eigenvalue weighted by atomic mass is 10.0. The average molecular weight is 265 g/mol. The Balaban J connectivity index is 2.50. The molecule has 1 aromatic rings. The lowest BCUT2D eigenvalue weighted by Gasteiger charge is -2.20. The number of carboxylic acids is 1. The van der Waals surface area contributed by atoms with Crippen LogP contribution in [0.3, 0.4) is 0 Å². The molecule has 0 saturated carbocycles. The Morgan fingerprint density at radius 1 is 1.16 bits per heavy atom. The monoisotopic (exact) mass is 265 g/mol. The van der Waals surface area contributed by atoms with Gasteiger partial charge in [0.2, 0.25) is 0 Å². The van der Waals surface area contributed by atoms with E-state index in [0.717, 1.165) is 5.56 Å². The van der Waals surface area contributed by atoms with E-state index in [4.69, 9.17) is 5.11 Å². The highest BCUT2D eigenvalue weighted by molar-refractivity contribution is 5.76. The molecule has 104 valence electrons. The van der Waals surface area contributed by atoms with Gasteiger partial charge < -0.3 is 15.7 Å². The largest absolute Gasteiger partial charge is 0.481 e. The molecule has 6 heteroatoms. The van der Waals surface area contributed by atoms with Crippen LogP contribution in [0.15, 0.2) is 24.5 Å². The summed E-state index contributed by atoms with van der Waals surface area (Å²) in [4.78, 5) is 26.4. The molecule has 0 aliphatic heterocycles. The molecule has 6 nitrogen and oxygen atoms in total. The number of nitrogens with zero attached hydrogens (tertiary/aromatic N) is 1. The number of aliphatic carboxylic acids is 1. The van der Waals surface area contributed by atoms with Crippen molar-refractivity contribution in [3.8, 4) is 0 Å². The molecular formula is C13H19N3O3. The summed E-state index contributed by atoms with van der Waals surface area (Å²) < 4.78 is 0. The van der Waals surface area contributed by atoms with E-state index in [1.165, 1.54) is 0 Å². The summed E-state index contributed by atoms with van der Waals surface area (Å²) >= 11 is 0. The molecule has 0 radical (unpaired) electrons. The number of amides is 2. The number of aromatic nitrogens is 1. The second-order valence-electron chi connectivity index (χ2n) is 4.54. The van der Waals surface area contributed by atoms with E-state index in [9.17, 15) is 9.59 Å². The number of carbonyl (C=O) groups excluding carboxylic acids is 1. The first kappa shape index (κ1) is 14.9. The Kier molecular flexibility index (Phi) is 5.29. The maximum Gasteiger partial charge on any atom is 0.315 e. The van der Waals surface area contributed by atoms with Gasteiger partial charge >= 0.3 is 12.0 Å². The van der Waals surface area contributed by atoms with Crippen LogP contribution in [0.2, 0.25) is 0 Å². The van der Waals surface area contributed by atoms with E-state index < -0.39 is 17.9 Å². The van der Waals surface area contributed by atoms with Crippen molar-refractivity contribution in [2.75, 3.05) is 0 Å². The van der Waals surface area contributed by atoms with E-state index in [2.05, 4.69) is 15.6 Å². The lowest BCUT2D eigenvalue weighted by molar-refractivity contribution is -0.141. The van der Waals surface area contributed by atoms with Gasteiger partial charge in [-0.1, -0.05) is 0 Å². The molecule has 0 fully saturated rings. The number of urea groups is 1. The second-order valence-corrected chi connectivity index (χ2v) is 4.54. The van der Waals surface area contributed by atoms with Crippen LogP contribution in [0.25, 0.3) is 0 Å². The van der Waals surface area contributed by atoms with Crippen LogP contribution in [0, 0.1) is 5.92 Å². The molecule has 19 heavy (non-hydrogen) atoms. The molecule has 0 spiro atoms. The summed E-state index contributed by atoms with van der Waals surface area (Å²) in [5, 5.41) is 14.2. The fourth-order valence-electron chi connectivity index (χ4n) is 1.52. The third-order valence-corrected chi connectivity index (χ3v) is 3.05. The smallest absolute Gasteiger partial charge is 0.315 e. The summed E-state index contributed by atoms with van der Waals surface area (Å²) in [7, 11) is 0. The molecule has 1 rings (SSSR count). The fourth-order valence-corrected chi connectivity index (χ4v) is 1.52. The van der Waals surface area contributed by atoms with Gasteiger partial charge in [0.15, 0.2) is 0 Å². The zero-order chi connectivity index (χ0) is 14.4. The van der Waals surface area contributed by atoms with Gasteiger partial charge in [0.25, 0.3) is 0 Å². The van der Waals surface area contributed by atoms with Crippen LogP contribution in [0.5, 0.6) is 0 Å². The van der Waals surface area contributed by atoms with E-state index in [1.54, 1.807) is 26.2 Å². The number of rotatable bonds is 5. The minimum atomic E-state index is -0.935. The van der Waals surface area contributed by atoms with Gasteiger partial charge in [-0.2, -0.15) is 0 Å². The maximum atomic E-state index is 11.7. The number of carbonyl (C=O) groups is 2. The summed E-state index contributed by atoms with van der Waals surface area (Å²) in [5.41, 5.74) is 0.934. The molecule has 1 heterocycles. The van der Waals surface area contributed by atoms with Gasteiger partial charge in [-0.3, -0.25) is 9.78 Å². The van der Waals surface area contributed by atoms with Crippen LogP contribution in [0.1, 0.15) is 32.4 Å². The molecule has 3 N–H and O–H groups in total. The Labute approximate surface area is 112 Å². The van der Waals surface area contributed by atoms with Crippen LogP contribution in [-0.4, -0.2) is 28.1 Å². The molecule has 0 aliphatic rings. The van der Waals surface area contributed by atoms with Crippen LogP contribution in [-0.2, 0) is 4.79 Å². The van der Waals surface area contributed by atoms with Gasteiger partial charge in [-0.25, -0.2) is 4.79 Å². The zero-order valence-electron chi connectivity index (χ0n) is 11.3. The quantitative estimate of drug-likeness (QED) is 0.753. The predicted octanol–water partition coefficient (Wildman–Crippen LogP) is 1.55. The Morgan fingerprint density at radius 2 is 1.74 bits per heavy atom. The molecule has 0 aliphatic carbocycles. The number of hydrogen-bond donors (Lipinski definition) is 3. The lowest BCUT2D eigenvalue weighted by Crippen LogP contribution is -2.45. The van der Waals surface area contributed by atoms with E-state index in [0.29, 0.717) is 0 Å². The maximum absolute atomic E-state index is 11.7.